The lowest BCUT2D eigenvalue weighted by molar-refractivity contribution is -0.384. The van der Waals surface area contributed by atoms with Crippen LogP contribution < -0.4 is 5.32 Å². The van der Waals surface area contributed by atoms with E-state index in [2.05, 4.69) is 5.32 Å². The lowest BCUT2D eigenvalue weighted by Crippen LogP contribution is -2.13. The van der Waals surface area contributed by atoms with Gasteiger partial charge in [-0.2, -0.15) is 0 Å². The van der Waals surface area contributed by atoms with Gasteiger partial charge in [-0.25, -0.2) is 4.39 Å². The molecule has 5 heteroatoms. The molecule has 0 saturated heterocycles. The molecule has 0 amide bonds. The zero-order valence-corrected chi connectivity index (χ0v) is 10.4. The molecular formula is C14H15FN2O2. The van der Waals surface area contributed by atoms with Gasteiger partial charge in [0.2, 0.25) is 0 Å². The maximum Gasteiger partial charge on any atom is 0.295 e. The van der Waals surface area contributed by atoms with E-state index in [0.29, 0.717) is 23.6 Å². The van der Waals surface area contributed by atoms with E-state index in [1.165, 1.54) is 31.4 Å². The van der Waals surface area contributed by atoms with E-state index in [-0.39, 0.29) is 5.69 Å². The van der Waals surface area contributed by atoms with Gasteiger partial charge in [-0.05, 0) is 55.1 Å². The molecule has 3 fully saturated rings. The second kappa shape index (κ2) is 3.68. The molecule has 1 N–H and O–H groups in total. The van der Waals surface area contributed by atoms with Crippen LogP contribution in [0.5, 0.6) is 0 Å². The number of nitrogens with zero attached hydrogens (tertiary/aromatic N) is 1. The minimum atomic E-state index is -0.562. The van der Waals surface area contributed by atoms with Gasteiger partial charge in [0.15, 0.2) is 0 Å². The Morgan fingerprint density at radius 3 is 2.58 bits per heavy atom. The molecule has 4 atom stereocenters. The van der Waals surface area contributed by atoms with Crippen LogP contribution in [0, 0.1) is 39.6 Å². The van der Waals surface area contributed by atoms with Crippen LogP contribution in [-0.4, -0.2) is 11.0 Å². The van der Waals surface area contributed by atoms with Crippen molar-refractivity contribution in [3.63, 3.8) is 0 Å². The fourth-order valence-corrected chi connectivity index (χ4v) is 4.48. The summed E-state index contributed by atoms with van der Waals surface area (Å²) in [4.78, 5) is 10.4. The molecule has 0 heterocycles. The number of benzene rings is 1. The molecule has 4 rings (SSSR count). The molecule has 0 aliphatic heterocycles. The smallest absolute Gasteiger partial charge is 0.295 e. The Hall–Kier alpha value is -1.65. The highest BCUT2D eigenvalue weighted by Crippen LogP contribution is 2.66. The molecule has 1 aromatic rings. The van der Waals surface area contributed by atoms with Crippen molar-refractivity contribution in [1.82, 2.24) is 0 Å². The van der Waals surface area contributed by atoms with Gasteiger partial charge in [0.05, 0.1) is 11.0 Å². The van der Waals surface area contributed by atoms with Crippen molar-refractivity contribution in [2.45, 2.75) is 25.3 Å². The monoisotopic (exact) mass is 262 g/mol. The molecule has 19 heavy (non-hydrogen) atoms. The largest absolute Gasteiger partial charge is 0.376 e. The van der Waals surface area contributed by atoms with Crippen LogP contribution >= 0.6 is 0 Å². The van der Waals surface area contributed by atoms with E-state index in [0.717, 1.165) is 17.9 Å². The first-order valence-corrected chi connectivity index (χ1v) is 6.85. The molecule has 3 aliphatic carbocycles. The second-order valence-electron chi connectivity index (χ2n) is 6.08. The van der Waals surface area contributed by atoms with Crippen molar-refractivity contribution in [2.24, 2.45) is 23.7 Å². The Labute approximate surface area is 110 Å². The van der Waals surface area contributed by atoms with Crippen LogP contribution in [0.4, 0.5) is 15.8 Å². The first kappa shape index (κ1) is 11.2. The Bertz CT molecular complexity index is 546. The summed E-state index contributed by atoms with van der Waals surface area (Å²) in [7, 11) is 0. The molecule has 100 valence electrons. The summed E-state index contributed by atoms with van der Waals surface area (Å²) in [6, 6.07) is 4.14. The first-order chi connectivity index (χ1) is 9.15. The first-order valence-electron chi connectivity index (χ1n) is 6.85. The van der Waals surface area contributed by atoms with Crippen LogP contribution in [-0.2, 0) is 0 Å². The number of halogens is 1. The molecule has 4 unspecified atom stereocenters. The SMILES string of the molecule is O=[N+]([O-])c1cc(F)ccc1NC1C2C3CCC(C3)C12. The topological polar surface area (TPSA) is 55.2 Å². The van der Waals surface area contributed by atoms with Gasteiger partial charge in [0.25, 0.3) is 5.69 Å². The third-order valence-corrected chi connectivity index (χ3v) is 5.21. The summed E-state index contributed by atoms with van der Waals surface area (Å²) in [6.07, 6.45) is 3.98. The third kappa shape index (κ3) is 1.57. The third-order valence-electron chi connectivity index (χ3n) is 5.21. The number of anilines is 1. The minimum Gasteiger partial charge on any atom is -0.376 e. The molecule has 3 saturated carbocycles. The van der Waals surface area contributed by atoms with Gasteiger partial charge >= 0.3 is 0 Å². The zero-order valence-electron chi connectivity index (χ0n) is 10.4. The van der Waals surface area contributed by atoms with E-state index >= 15 is 0 Å². The average molecular weight is 262 g/mol. The Kier molecular flexibility index (Phi) is 2.17. The highest BCUT2D eigenvalue weighted by molar-refractivity contribution is 5.63. The highest BCUT2D eigenvalue weighted by atomic mass is 19.1. The summed E-state index contributed by atoms with van der Waals surface area (Å²) < 4.78 is 13.1. The molecule has 1 aromatic carbocycles. The lowest BCUT2D eigenvalue weighted by atomic mass is 10.0. The number of rotatable bonds is 3. The van der Waals surface area contributed by atoms with Crippen LogP contribution in [0.3, 0.4) is 0 Å². The quantitative estimate of drug-likeness (QED) is 0.672. The highest BCUT2D eigenvalue weighted by Gasteiger charge is 2.65. The normalized spacial score (nSPS) is 38.1. The van der Waals surface area contributed by atoms with Gasteiger partial charge in [0.1, 0.15) is 11.5 Å². The summed E-state index contributed by atoms with van der Waals surface area (Å²) in [5.74, 6) is 2.46. The molecule has 0 radical (unpaired) electrons. The van der Waals surface area contributed by atoms with E-state index in [9.17, 15) is 14.5 Å². The van der Waals surface area contributed by atoms with Crippen molar-refractivity contribution in [3.05, 3.63) is 34.1 Å². The maximum absolute atomic E-state index is 13.1. The van der Waals surface area contributed by atoms with Gasteiger partial charge < -0.3 is 5.32 Å². The number of nitro groups is 1. The Balaban J connectivity index is 1.57. The van der Waals surface area contributed by atoms with Gasteiger partial charge in [-0.1, -0.05) is 0 Å². The molecule has 0 spiro atoms. The van der Waals surface area contributed by atoms with E-state index in [4.69, 9.17) is 0 Å². The fourth-order valence-electron chi connectivity index (χ4n) is 4.48. The van der Waals surface area contributed by atoms with E-state index < -0.39 is 10.7 Å². The standard InChI is InChI=1S/C14H15FN2O2/c15-9-3-4-10(11(6-9)17(18)19)16-14-12-7-1-2-8(5-7)13(12)14/h3-4,6-8,12-14,16H,1-2,5H2. The van der Waals surface area contributed by atoms with E-state index in [1.54, 1.807) is 0 Å². The number of hydrogen-bond donors (Lipinski definition) is 1. The van der Waals surface area contributed by atoms with Crippen molar-refractivity contribution in [3.8, 4) is 0 Å². The molecular weight excluding hydrogens is 247 g/mol. The van der Waals surface area contributed by atoms with Crippen molar-refractivity contribution in [2.75, 3.05) is 5.32 Å². The molecule has 2 bridgehead atoms. The van der Waals surface area contributed by atoms with Gasteiger partial charge in [-0.15, -0.1) is 0 Å². The lowest BCUT2D eigenvalue weighted by Gasteiger charge is -2.12. The average Bonchev–Trinajstić information content (AvgIpc) is 2.79. The maximum atomic E-state index is 13.1. The minimum absolute atomic E-state index is 0.155. The summed E-state index contributed by atoms with van der Waals surface area (Å²) in [6.45, 7) is 0. The zero-order chi connectivity index (χ0) is 13.1. The van der Waals surface area contributed by atoms with Crippen LogP contribution in [0.15, 0.2) is 18.2 Å². The Morgan fingerprint density at radius 2 is 1.95 bits per heavy atom. The number of fused-ring (bicyclic) bond motifs is 5. The van der Waals surface area contributed by atoms with Crippen molar-refractivity contribution >= 4 is 11.4 Å². The van der Waals surface area contributed by atoms with Crippen LogP contribution in [0.25, 0.3) is 0 Å². The molecule has 0 aromatic heterocycles. The second-order valence-corrected chi connectivity index (χ2v) is 6.08. The Morgan fingerprint density at radius 1 is 1.26 bits per heavy atom. The molecule has 3 aliphatic rings. The summed E-state index contributed by atoms with van der Waals surface area (Å²) in [5.41, 5.74) is 0.308. The van der Waals surface area contributed by atoms with E-state index in [1.807, 2.05) is 0 Å². The van der Waals surface area contributed by atoms with Crippen molar-refractivity contribution in [1.29, 1.82) is 0 Å². The number of nitro benzene ring substituents is 1. The number of nitrogens with one attached hydrogen (secondary N) is 1. The summed E-state index contributed by atoms with van der Waals surface area (Å²) in [5, 5.41) is 14.2. The predicted octanol–water partition coefficient (Wildman–Crippen LogP) is 3.19. The van der Waals surface area contributed by atoms with Crippen LogP contribution in [0.1, 0.15) is 19.3 Å². The molecule has 4 nitrogen and oxygen atoms in total. The van der Waals surface area contributed by atoms with Gasteiger partial charge in [-0.3, -0.25) is 10.1 Å². The van der Waals surface area contributed by atoms with Gasteiger partial charge in [0, 0.05) is 6.04 Å². The predicted molar refractivity (Wildman–Crippen MR) is 68.3 cm³/mol. The number of hydrogen-bond acceptors (Lipinski definition) is 3. The van der Waals surface area contributed by atoms with Crippen molar-refractivity contribution < 1.29 is 9.31 Å². The summed E-state index contributed by atoms with van der Waals surface area (Å²) >= 11 is 0. The fraction of sp³-hybridized carbons (Fsp3) is 0.571. The van der Waals surface area contributed by atoms with Crippen LogP contribution in [0.2, 0.25) is 0 Å².